The van der Waals surface area contributed by atoms with Gasteiger partial charge in [0.2, 0.25) is 5.91 Å². The molecular formula is C21H22FN3O3. The summed E-state index contributed by atoms with van der Waals surface area (Å²) in [5, 5.41) is 2.61. The van der Waals surface area contributed by atoms with Crippen molar-refractivity contribution in [2.24, 2.45) is 0 Å². The molecular weight excluding hydrogens is 361 g/mol. The minimum absolute atomic E-state index is 0.384. The number of anilines is 1. The summed E-state index contributed by atoms with van der Waals surface area (Å²) in [4.78, 5) is 40.4. The molecule has 1 aliphatic heterocycles. The van der Waals surface area contributed by atoms with Crippen molar-refractivity contribution >= 4 is 23.5 Å². The maximum absolute atomic E-state index is 13.2. The Labute approximate surface area is 162 Å². The Morgan fingerprint density at radius 3 is 2.43 bits per heavy atom. The Bertz CT molecular complexity index is 958. The van der Waals surface area contributed by atoms with Crippen LogP contribution in [0.25, 0.3) is 0 Å². The van der Waals surface area contributed by atoms with E-state index >= 15 is 0 Å². The monoisotopic (exact) mass is 383 g/mol. The number of carbonyl (C=O) groups is 3. The molecule has 4 amide bonds. The molecule has 1 aliphatic rings. The van der Waals surface area contributed by atoms with Gasteiger partial charge in [0, 0.05) is 12.7 Å². The van der Waals surface area contributed by atoms with Crippen LogP contribution in [0.4, 0.5) is 14.9 Å². The normalized spacial score (nSPS) is 19.0. The molecule has 0 radical (unpaired) electrons. The predicted octanol–water partition coefficient (Wildman–Crippen LogP) is 2.87. The lowest BCUT2D eigenvalue weighted by atomic mass is 9.92. The van der Waals surface area contributed by atoms with Crippen LogP contribution in [0, 0.1) is 19.7 Å². The first-order valence-electron chi connectivity index (χ1n) is 8.88. The Kier molecular flexibility index (Phi) is 4.93. The number of likely N-dealkylation sites (N-methyl/N-ethyl adjacent to an activating group) is 1. The van der Waals surface area contributed by atoms with Gasteiger partial charge in [-0.15, -0.1) is 0 Å². The van der Waals surface area contributed by atoms with Crippen LogP contribution in [0.5, 0.6) is 0 Å². The van der Waals surface area contributed by atoms with Gasteiger partial charge in [0.05, 0.1) is 0 Å². The minimum atomic E-state index is -1.34. The quantitative estimate of drug-likeness (QED) is 0.826. The highest BCUT2D eigenvalue weighted by molar-refractivity contribution is 6.10. The number of carbonyl (C=O) groups excluding carboxylic acids is 3. The van der Waals surface area contributed by atoms with Crippen LogP contribution in [0.1, 0.15) is 23.6 Å². The first-order chi connectivity index (χ1) is 13.1. The number of rotatable bonds is 4. The van der Waals surface area contributed by atoms with Gasteiger partial charge in [-0.2, -0.15) is 0 Å². The molecule has 1 heterocycles. The average molecular weight is 383 g/mol. The van der Waals surface area contributed by atoms with Crippen molar-refractivity contribution in [2.45, 2.75) is 26.3 Å². The minimum Gasteiger partial charge on any atom is -0.319 e. The Morgan fingerprint density at radius 1 is 1.14 bits per heavy atom. The summed E-state index contributed by atoms with van der Waals surface area (Å²) in [7, 11) is 1.61. The van der Waals surface area contributed by atoms with Crippen molar-refractivity contribution < 1.29 is 18.8 Å². The van der Waals surface area contributed by atoms with Gasteiger partial charge < -0.3 is 10.2 Å². The second-order valence-corrected chi connectivity index (χ2v) is 7.13. The molecule has 0 aromatic heterocycles. The summed E-state index contributed by atoms with van der Waals surface area (Å²) in [5.41, 5.74) is 1.81. The number of hydrogen-bond acceptors (Lipinski definition) is 3. The third-order valence-electron chi connectivity index (χ3n) is 5.30. The van der Waals surface area contributed by atoms with E-state index in [-0.39, 0.29) is 12.5 Å². The van der Waals surface area contributed by atoms with Crippen molar-refractivity contribution in [3.8, 4) is 0 Å². The smallest absolute Gasteiger partial charge is 0.319 e. The molecule has 2 aromatic rings. The summed E-state index contributed by atoms with van der Waals surface area (Å²) >= 11 is 0. The van der Waals surface area contributed by atoms with Crippen LogP contribution in [0.3, 0.4) is 0 Å². The van der Waals surface area contributed by atoms with Crippen LogP contribution in [-0.2, 0) is 15.1 Å². The number of nitrogens with one attached hydrogen (secondary N) is 1. The van der Waals surface area contributed by atoms with Gasteiger partial charge in [-0.05, 0) is 55.7 Å². The number of amides is 4. The molecule has 2 aromatic carbocycles. The summed E-state index contributed by atoms with van der Waals surface area (Å²) in [5.74, 6) is -1.38. The molecule has 0 aliphatic carbocycles. The molecule has 6 nitrogen and oxygen atoms in total. The molecule has 146 valence electrons. The zero-order valence-electron chi connectivity index (χ0n) is 16.2. The van der Waals surface area contributed by atoms with E-state index in [0.29, 0.717) is 5.56 Å². The number of benzene rings is 2. The van der Waals surface area contributed by atoms with Crippen LogP contribution in [-0.4, -0.2) is 36.3 Å². The third kappa shape index (κ3) is 3.24. The van der Waals surface area contributed by atoms with E-state index in [1.807, 2.05) is 32.0 Å². The summed E-state index contributed by atoms with van der Waals surface area (Å²) in [6.07, 6.45) is 0. The second-order valence-electron chi connectivity index (χ2n) is 7.13. The molecule has 28 heavy (non-hydrogen) atoms. The van der Waals surface area contributed by atoms with Crippen molar-refractivity contribution in [1.82, 2.24) is 10.2 Å². The van der Waals surface area contributed by atoms with Gasteiger partial charge in [0.15, 0.2) is 0 Å². The van der Waals surface area contributed by atoms with Crippen LogP contribution < -0.4 is 10.2 Å². The van der Waals surface area contributed by atoms with E-state index < -0.39 is 23.3 Å². The number of halogens is 1. The Balaban J connectivity index is 1.81. The largest absolute Gasteiger partial charge is 0.325 e. The van der Waals surface area contributed by atoms with Crippen LogP contribution in [0.15, 0.2) is 42.5 Å². The lowest BCUT2D eigenvalue weighted by Crippen LogP contribution is -2.43. The first-order valence-corrected chi connectivity index (χ1v) is 8.88. The molecule has 0 spiro atoms. The third-order valence-corrected chi connectivity index (χ3v) is 5.30. The van der Waals surface area contributed by atoms with E-state index in [1.165, 1.54) is 29.2 Å². The van der Waals surface area contributed by atoms with E-state index in [1.54, 1.807) is 14.0 Å². The fourth-order valence-electron chi connectivity index (χ4n) is 3.29. The van der Waals surface area contributed by atoms with E-state index in [9.17, 15) is 18.8 Å². The molecule has 0 bridgehead atoms. The summed E-state index contributed by atoms with van der Waals surface area (Å²) < 4.78 is 13.2. The number of urea groups is 1. The van der Waals surface area contributed by atoms with E-state index in [4.69, 9.17) is 0 Å². The highest BCUT2D eigenvalue weighted by atomic mass is 19.1. The fraction of sp³-hybridized carbons (Fsp3) is 0.286. The van der Waals surface area contributed by atoms with Crippen molar-refractivity contribution in [3.63, 3.8) is 0 Å². The van der Waals surface area contributed by atoms with Gasteiger partial charge >= 0.3 is 6.03 Å². The van der Waals surface area contributed by atoms with Crippen LogP contribution >= 0.6 is 0 Å². The molecule has 7 heteroatoms. The molecule has 1 N–H and O–H groups in total. The lowest BCUT2D eigenvalue weighted by molar-refractivity contribution is -0.134. The Morgan fingerprint density at radius 2 is 1.79 bits per heavy atom. The number of imide groups is 1. The lowest BCUT2D eigenvalue weighted by Gasteiger charge is -2.24. The molecule has 1 fully saturated rings. The second kappa shape index (κ2) is 7.07. The van der Waals surface area contributed by atoms with Gasteiger partial charge in [-0.3, -0.25) is 14.5 Å². The number of nitrogens with zero attached hydrogens (tertiary/aromatic N) is 2. The topological polar surface area (TPSA) is 69.7 Å². The van der Waals surface area contributed by atoms with Gasteiger partial charge in [-0.25, -0.2) is 9.18 Å². The maximum atomic E-state index is 13.2. The number of hydrogen-bond donors (Lipinski definition) is 1. The molecule has 0 saturated carbocycles. The zero-order valence-corrected chi connectivity index (χ0v) is 16.2. The Hall–Kier alpha value is -3.22. The van der Waals surface area contributed by atoms with Crippen molar-refractivity contribution in [2.75, 3.05) is 18.5 Å². The maximum Gasteiger partial charge on any atom is 0.325 e. The highest BCUT2D eigenvalue weighted by Gasteiger charge is 2.49. The average Bonchev–Trinajstić information content (AvgIpc) is 2.88. The van der Waals surface area contributed by atoms with E-state index in [0.717, 1.165) is 21.7 Å². The van der Waals surface area contributed by atoms with Gasteiger partial charge in [-0.1, -0.05) is 24.3 Å². The molecule has 3 rings (SSSR count). The van der Waals surface area contributed by atoms with Gasteiger partial charge in [0.25, 0.3) is 5.91 Å². The summed E-state index contributed by atoms with van der Waals surface area (Å²) in [6.45, 7) is 5.02. The fourth-order valence-corrected chi connectivity index (χ4v) is 3.29. The van der Waals surface area contributed by atoms with E-state index in [2.05, 4.69) is 5.32 Å². The zero-order chi connectivity index (χ0) is 20.6. The van der Waals surface area contributed by atoms with Crippen molar-refractivity contribution in [3.05, 3.63) is 65.0 Å². The predicted molar refractivity (Wildman–Crippen MR) is 103 cm³/mol. The first kappa shape index (κ1) is 19.5. The molecule has 1 atom stereocenters. The molecule has 1 unspecified atom stereocenters. The van der Waals surface area contributed by atoms with Crippen molar-refractivity contribution in [1.29, 1.82) is 0 Å². The highest BCUT2D eigenvalue weighted by Crippen LogP contribution is 2.29. The standard InChI is InChI=1S/C21H22FN3O3/c1-13-6-5-7-17(14(13)2)24(4)18(26)12-25-19(27)21(3,23-20(25)28)15-8-10-16(22)11-9-15/h5-11H,12H2,1-4H3,(H,23,28). The van der Waals surface area contributed by atoms with Gasteiger partial charge in [0.1, 0.15) is 17.9 Å². The number of aryl methyl sites for hydroxylation is 1. The van der Waals surface area contributed by atoms with Crippen LogP contribution in [0.2, 0.25) is 0 Å². The SMILES string of the molecule is Cc1cccc(N(C)C(=O)CN2C(=O)NC(C)(c3ccc(F)cc3)C2=O)c1C. The molecule has 1 saturated heterocycles. The summed E-state index contributed by atoms with van der Waals surface area (Å²) in [6, 6.07) is 10.3.